The van der Waals surface area contributed by atoms with Gasteiger partial charge in [-0.15, -0.1) is 0 Å². The predicted molar refractivity (Wildman–Crippen MR) is 118 cm³/mol. The van der Waals surface area contributed by atoms with Crippen molar-refractivity contribution in [1.29, 1.82) is 0 Å². The maximum Gasteiger partial charge on any atom is 0.250 e. The minimum atomic E-state index is -0.368. The van der Waals surface area contributed by atoms with Gasteiger partial charge in [0, 0.05) is 39.0 Å². The summed E-state index contributed by atoms with van der Waals surface area (Å²) in [6.45, 7) is 2.42. The number of carbonyl (C=O) groups is 1. The van der Waals surface area contributed by atoms with E-state index in [2.05, 4.69) is 25.4 Å². The third-order valence-corrected chi connectivity index (χ3v) is 5.61. The molecule has 0 radical (unpaired) electrons. The maximum absolute atomic E-state index is 13.9. The van der Waals surface area contributed by atoms with E-state index in [0.717, 1.165) is 5.69 Å². The van der Waals surface area contributed by atoms with E-state index in [4.69, 9.17) is 4.42 Å². The van der Waals surface area contributed by atoms with E-state index < -0.39 is 0 Å². The van der Waals surface area contributed by atoms with E-state index in [-0.39, 0.29) is 18.1 Å². The molecule has 0 unspecified atom stereocenters. The van der Waals surface area contributed by atoms with Crippen LogP contribution in [0, 0.1) is 5.82 Å². The Labute approximate surface area is 189 Å². The minimum absolute atomic E-state index is 0.0305. The lowest BCUT2D eigenvalue weighted by molar-refractivity contribution is -0.131. The number of rotatable bonds is 6. The van der Waals surface area contributed by atoms with Crippen molar-refractivity contribution in [3.63, 3.8) is 0 Å². The average molecular weight is 447 g/mol. The summed E-state index contributed by atoms with van der Waals surface area (Å²) in [5, 5.41) is 12.1. The molecule has 2 aromatic carbocycles. The molecule has 1 aliphatic heterocycles. The zero-order chi connectivity index (χ0) is 22.6. The van der Waals surface area contributed by atoms with Crippen LogP contribution in [0.25, 0.3) is 17.0 Å². The lowest BCUT2D eigenvalue weighted by atomic mass is 10.2. The molecule has 1 fully saturated rings. The molecule has 168 valence electrons. The number of hydrogen-bond acceptors (Lipinski definition) is 7. The molecular weight excluding hydrogens is 425 g/mol. The van der Waals surface area contributed by atoms with Crippen molar-refractivity contribution in [1.82, 2.24) is 30.1 Å². The van der Waals surface area contributed by atoms with Gasteiger partial charge >= 0.3 is 0 Å². The van der Waals surface area contributed by atoms with E-state index in [9.17, 15) is 9.18 Å². The van der Waals surface area contributed by atoms with Gasteiger partial charge in [-0.1, -0.05) is 35.4 Å². The van der Waals surface area contributed by atoms with Crippen LogP contribution in [0.5, 0.6) is 0 Å². The molecule has 0 aliphatic carbocycles. The highest BCUT2D eigenvalue weighted by Crippen LogP contribution is 2.24. The Bertz CT molecular complexity index is 1230. The number of piperazine rings is 1. The summed E-state index contributed by atoms with van der Waals surface area (Å²) >= 11 is 0. The second-order valence-electron chi connectivity index (χ2n) is 7.69. The van der Waals surface area contributed by atoms with Crippen LogP contribution in [0.1, 0.15) is 12.3 Å². The number of anilines is 1. The molecule has 4 aromatic rings. The van der Waals surface area contributed by atoms with E-state index in [1.165, 1.54) is 12.3 Å². The molecule has 1 aliphatic rings. The Kier molecular flexibility index (Phi) is 5.79. The molecule has 0 bridgehead atoms. The average Bonchev–Trinajstić information content (AvgIpc) is 3.54. The molecule has 1 amide bonds. The first kappa shape index (κ1) is 20.8. The number of hydrogen-bond donors (Lipinski definition) is 0. The fourth-order valence-corrected chi connectivity index (χ4v) is 3.86. The lowest BCUT2D eigenvalue weighted by Gasteiger charge is -2.34. The molecule has 3 heterocycles. The number of aromatic nitrogens is 5. The summed E-state index contributed by atoms with van der Waals surface area (Å²) in [7, 11) is 0. The molecule has 0 atom stereocenters. The van der Waals surface area contributed by atoms with Gasteiger partial charge in [-0.3, -0.25) is 4.79 Å². The highest BCUT2D eigenvalue weighted by molar-refractivity contribution is 5.76. The van der Waals surface area contributed by atoms with Gasteiger partial charge in [0.1, 0.15) is 5.82 Å². The summed E-state index contributed by atoms with van der Waals surface area (Å²) < 4.78 is 21.3. The highest BCUT2D eigenvalue weighted by Gasteiger charge is 2.25. The van der Waals surface area contributed by atoms with Crippen LogP contribution in [0.2, 0.25) is 0 Å². The second kappa shape index (κ2) is 9.19. The van der Waals surface area contributed by atoms with E-state index in [0.29, 0.717) is 55.8 Å². The van der Waals surface area contributed by atoms with Crippen molar-refractivity contribution in [3.05, 3.63) is 72.5 Å². The van der Waals surface area contributed by atoms with Gasteiger partial charge in [0.2, 0.25) is 11.9 Å². The van der Waals surface area contributed by atoms with Crippen LogP contribution in [0.3, 0.4) is 0 Å². The van der Waals surface area contributed by atoms with Gasteiger partial charge in [0.15, 0.2) is 11.7 Å². The van der Waals surface area contributed by atoms with Crippen LogP contribution in [-0.2, 0) is 11.2 Å². The number of oxazole rings is 1. The quantitative estimate of drug-likeness (QED) is 0.449. The third kappa shape index (κ3) is 4.45. The molecule has 0 spiro atoms. The van der Waals surface area contributed by atoms with E-state index in [1.54, 1.807) is 22.9 Å². The van der Waals surface area contributed by atoms with Crippen molar-refractivity contribution in [2.45, 2.75) is 12.8 Å². The van der Waals surface area contributed by atoms with Crippen LogP contribution >= 0.6 is 0 Å². The predicted octanol–water partition coefficient (Wildman–Crippen LogP) is 2.74. The zero-order valence-corrected chi connectivity index (χ0v) is 17.8. The van der Waals surface area contributed by atoms with Gasteiger partial charge in [-0.25, -0.2) is 9.37 Å². The van der Waals surface area contributed by atoms with Crippen LogP contribution in [0.15, 0.2) is 65.2 Å². The van der Waals surface area contributed by atoms with Gasteiger partial charge in [0.25, 0.3) is 0 Å². The number of para-hydroxylation sites is 1. The summed E-state index contributed by atoms with van der Waals surface area (Å²) in [6.07, 6.45) is 2.13. The van der Waals surface area contributed by atoms with Gasteiger partial charge in [-0.05, 0) is 34.7 Å². The SMILES string of the molecule is O=C(CCc1ncc(-c2ccccc2F)o1)N1CCN(c2nnnn2-c2ccccc2)CC1. The number of tetrazole rings is 1. The number of aryl methyl sites for hydroxylation is 1. The molecule has 10 heteroatoms. The number of nitrogens with zero attached hydrogens (tertiary/aromatic N) is 7. The summed E-state index contributed by atoms with van der Waals surface area (Å²) in [5.74, 6) is 1.10. The zero-order valence-electron chi connectivity index (χ0n) is 17.8. The smallest absolute Gasteiger partial charge is 0.250 e. The Hall–Kier alpha value is -4.08. The van der Waals surface area contributed by atoms with Crippen LogP contribution < -0.4 is 4.90 Å². The van der Waals surface area contributed by atoms with Crippen molar-refractivity contribution in [2.75, 3.05) is 31.1 Å². The molecule has 2 aromatic heterocycles. The minimum Gasteiger partial charge on any atom is -0.441 e. The van der Waals surface area contributed by atoms with Gasteiger partial charge < -0.3 is 14.2 Å². The highest BCUT2D eigenvalue weighted by atomic mass is 19.1. The van der Waals surface area contributed by atoms with Crippen molar-refractivity contribution >= 4 is 11.9 Å². The fourth-order valence-electron chi connectivity index (χ4n) is 3.86. The molecule has 33 heavy (non-hydrogen) atoms. The Morgan fingerprint density at radius 2 is 1.76 bits per heavy atom. The molecule has 0 N–H and O–H groups in total. The first-order valence-corrected chi connectivity index (χ1v) is 10.7. The second-order valence-corrected chi connectivity index (χ2v) is 7.69. The maximum atomic E-state index is 13.9. The summed E-state index contributed by atoms with van der Waals surface area (Å²) in [5.41, 5.74) is 1.24. The Balaban J connectivity index is 1.16. The summed E-state index contributed by atoms with van der Waals surface area (Å²) in [6, 6.07) is 16.1. The van der Waals surface area contributed by atoms with Gasteiger partial charge in [-0.2, -0.15) is 4.68 Å². The molecule has 5 rings (SSSR count). The van der Waals surface area contributed by atoms with Crippen LogP contribution in [-0.4, -0.2) is 62.2 Å². The largest absolute Gasteiger partial charge is 0.441 e. The van der Waals surface area contributed by atoms with Crippen LogP contribution in [0.4, 0.5) is 10.3 Å². The van der Waals surface area contributed by atoms with E-state index in [1.807, 2.05) is 35.2 Å². The number of halogens is 1. The van der Waals surface area contributed by atoms with E-state index >= 15 is 0 Å². The first-order valence-electron chi connectivity index (χ1n) is 10.7. The third-order valence-electron chi connectivity index (χ3n) is 5.61. The van der Waals surface area contributed by atoms with Crippen molar-refractivity contribution in [2.24, 2.45) is 0 Å². The number of benzene rings is 2. The molecule has 1 saturated heterocycles. The lowest BCUT2D eigenvalue weighted by Crippen LogP contribution is -2.49. The Morgan fingerprint density at radius 3 is 2.55 bits per heavy atom. The van der Waals surface area contributed by atoms with Crippen molar-refractivity contribution < 1.29 is 13.6 Å². The monoisotopic (exact) mass is 447 g/mol. The van der Waals surface area contributed by atoms with Gasteiger partial charge in [0.05, 0.1) is 17.4 Å². The summed E-state index contributed by atoms with van der Waals surface area (Å²) in [4.78, 5) is 20.8. The topological polar surface area (TPSA) is 93.2 Å². The first-order chi connectivity index (χ1) is 16.2. The Morgan fingerprint density at radius 1 is 1.00 bits per heavy atom. The number of amides is 1. The number of carbonyl (C=O) groups excluding carboxylic acids is 1. The molecular formula is C23H22FN7O2. The normalized spacial score (nSPS) is 14.0. The standard InChI is InChI=1S/C23H22FN7O2/c24-19-9-5-4-8-18(19)20-16-25-21(33-20)10-11-22(32)29-12-14-30(15-13-29)23-26-27-28-31(23)17-6-2-1-3-7-17/h1-9,16H,10-15H2. The molecule has 9 nitrogen and oxygen atoms in total. The van der Waals surface area contributed by atoms with Crippen molar-refractivity contribution in [3.8, 4) is 17.0 Å². The molecule has 0 saturated carbocycles. The fraction of sp³-hybridized carbons (Fsp3) is 0.261.